The lowest BCUT2D eigenvalue weighted by Gasteiger charge is -2.29. The number of carbonyl (C=O) groups is 1. The Balaban J connectivity index is 1.47. The summed E-state index contributed by atoms with van der Waals surface area (Å²) in [6, 6.07) is 19.4. The molecule has 2 aromatic carbocycles. The highest BCUT2D eigenvalue weighted by molar-refractivity contribution is 7.80. The Kier molecular flexibility index (Phi) is 7.00. The summed E-state index contributed by atoms with van der Waals surface area (Å²) in [4.78, 5) is 18.9. The Morgan fingerprint density at radius 3 is 2.66 bits per heavy atom. The molecule has 6 rings (SSSR count). The number of ether oxygens (including phenoxy) is 3. The van der Waals surface area contributed by atoms with Crippen molar-refractivity contribution in [2.45, 2.75) is 39.3 Å². The maximum Gasteiger partial charge on any atom is 0.231 e. The molecule has 0 radical (unpaired) electrons. The average Bonchev–Trinajstić information content (AvgIpc) is 3.68. The number of carbonyl (C=O) groups excluding carboxylic acids is 1. The predicted octanol–water partition coefficient (Wildman–Crippen LogP) is 5.75. The second-order valence-electron chi connectivity index (χ2n) is 9.98. The molecule has 1 amide bonds. The maximum atomic E-state index is 12.1. The molecular weight excluding hydrogens is 538 g/mol. The van der Waals surface area contributed by atoms with Crippen molar-refractivity contribution in [3.63, 3.8) is 0 Å². The van der Waals surface area contributed by atoms with Gasteiger partial charge in [0, 0.05) is 47.5 Å². The van der Waals surface area contributed by atoms with Crippen LogP contribution in [0.3, 0.4) is 0 Å². The quantitative estimate of drug-likeness (QED) is 0.272. The second-order valence-corrected chi connectivity index (χ2v) is 10.4. The number of benzene rings is 2. The van der Waals surface area contributed by atoms with Crippen molar-refractivity contribution in [1.29, 1.82) is 0 Å². The van der Waals surface area contributed by atoms with Crippen molar-refractivity contribution in [3.8, 4) is 22.9 Å². The van der Waals surface area contributed by atoms with Gasteiger partial charge in [-0.3, -0.25) is 9.78 Å². The summed E-state index contributed by atoms with van der Waals surface area (Å²) in [5, 5.41) is 7.01. The third-order valence-electron chi connectivity index (χ3n) is 7.56. The van der Waals surface area contributed by atoms with Gasteiger partial charge in [-0.15, -0.1) is 0 Å². The van der Waals surface area contributed by atoms with E-state index in [2.05, 4.69) is 45.0 Å². The topological polar surface area (TPSA) is 89.9 Å². The molecule has 0 spiro atoms. The highest BCUT2D eigenvalue weighted by Crippen LogP contribution is 2.45. The first-order chi connectivity index (χ1) is 19.9. The highest BCUT2D eigenvalue weighted by atomic mass is 32.1. The second kappa shape index (κ2) is 10.8. The molecule has 9 nitrogen and oxygen atoms in total. The van der Waals surface area contributed by atoms with E-state index in [1.54, 1.807) is 13.3 Å². The van der Waals surface area contributed by atoms with Gasteiger partial charge >= 0.3 is 0 Å². The Morgan fingerprint density at radius 1 is 1.10 bits per heavy atom. The summed E-state index contributed by atoms with van der Waals surface area (Å²) in [5.41, 5.74) is 6.57. The average molecular weight is 570 g/mol. The number of thiocarbonyl (C=S) groups is 1. The molecule has 0 unspecified atom stereocenters. The van der Waals surface area contributed by atoms with Gasteiger partial charge in [0.25, 0.3) is 0 Å². The number of aryl methyl sites for hydroxylation is 1. The number of nitrogens with one attached hydrogen (secondary N) is 2. The molecule has 210 valence electrons. The summed E-state index contributed by atoms with van der Waals surface area (Å²) in [5.74, 6) is 1.95. The Labute approximate surface area is 244 Å². The molecule has 2 atom stereocenters. The van der Waals surface area contributed by atoms with Gasteiger partial charge in [0.05, 0.1) is 30.6 Å². The first-order valence-corrected chi connectivity index (χ1v) is 13.9. The lowest BCUT2D eigenvalue weighted by atomic mass is 9.96. The monoisotopic (exact) mass is 569 g/mol. The Bertz CT molecular complexity index is 1640. The lowest BCUT2D eigenvalue weighted by Crippen LogP contribution is -2.29. The molecule has 41 heavy (non-hydrogen) atoms. The molecule has 1 saturated heterocycles. The molecule has 2 aliphatic rings. The number of anilines is 2. The third-order valence-corrected chi connectivity index (χ3v) is 7.87. The minimum absolute atomic E-state index is 0.0848. The summed E-state index contributed by atoms with van der Waals surface area (Å²) in [7, 11) is 1.59. The van der Waals surface area contributed by atoms with E-state index in [1.165, 1.54) is 0 Å². The Hall–Kier alpha value is -4.57. The van der Waals surface area contributed by atoms with Crippen LogP contribution in [0.15, 0.2) is 66.9 Å². The smallest absolute Gasteiger partial charge is 0.231 e. The van der Waals surface area contributed by atoms with Gasteiger partial charge in [-0.1, -0.05) is 13.0 Å². The van der Waals surface area contributed by atoms with Crippen LogP contribution in [0.5, 0.6) is 17.2 Å². The lowest BCUT2D eigenvalue weighted by molar-refractivity contribution is -0.115. The number of fused-ring (bicyclic) bond motifs is 1. The van der Waals surface area contributed by atoms with Crippen LogP contribution in [0, 0.1) is 13.8 Å². The summed E-state index contributed by atoms with van der Waals surface area (Å²) >= 11 is 5.95. The number of nitrogens with zero attached hydrogens (tertiary/aromatic N) is 3. The third kappa shape index (κ3) is 4.74. The van der Waals surface area contributed by atoms with Gasteiger partial charge in [0.2, 0.25) is 12.7 Å². The largest absolute Gasteiger partial charge is 0.494 e. The van der Waals surface area contributed by atoms with Gasteiger partial charge in [-0.25, -0.2) is 0 Å². The molecule has 0 bridgehead atoms. The Morgan fingerprint density at radius 2 is 1.90 bits per heavy atom. The van der Waals surface area contributed by atoms with Crippen LogP contribution in [0.1, 0.15) is 48.1 Å². The van der Waals surface area contributed by atoms with E-state index in [1.807, 2.05) is 61.5 Å². The number of rotatable bonds is 7. The van der Waals surface area contributed by atoms with Gasteiger partial charge in [0.15, 0.2) is 16.6 Å². The zero-order valence-corrected chi connectivity index (χ0v) is 24.1. The van der Waals surface area contributed by atoms with E-state index in [9.17, 15) is 4.79 Å². The number of pyridine rings is 1. The van der Waals surface area contributed by atoms with Crippen molar-refractivity contribution in [1.82, 2.24) is 14.9 Å². The molecule has 10 heteroatoms. The number of hydrogen-bond donors (Lipinski definition) is 2. The predicted molar refractivity (Wildman–Crippen MR) is 161 cm³/mol. The summed E-state index contributed by atoms with van der Waals surface area (Å²) < 4.78 is 19.1. The van der Waals surface area contributed by atoms with E-state index >= 15 is 0 Å². The fourth-order valence-electron chi connectivity index (χ4n) is 5.63. The fraction of sp³-hybridized carbons (Fsp3) is 0.258. The van der Waals surface area contributed by atoms with Crippen LogP contribution in [0.4, 0.5) is 11.4 Å². The normalized spacial score (nSPS) is 17.5. The standard InChI is InChI=1S/C31H31N5O4S/c1-5-28(37)33-23-11-9-21(15-26(23)38-4)36-30(29(34-31(36)41)24-8-6-7-13-32-24)22-14-18(2)35(19(22)3)20-10-12-25-27(16-20)40-17-39-25/h6-16,29-30H,5,17H2,1-4H3,(H,33,37)(H,34,41)/t29-,30+/m1/s1. The summed E-state index contributed by atoms with van der Waals surface area (Å²) in [6.07, 6.45) is 2.17. The maximum absolute atomic E-state index is 12.1. The molecule has 0 saturated carbocycles. The van der Waals surface area contributed by atoms with E-state index in [0.717, 1.165) is 45.5 Å². The van der Waals surface area contributed by atoms with Crippen molar-refractivity contribution < 1.29 is 19.0 Å². The highest BCUT2D eigenvalue weighted by Gasteiger charge is 2.42. The van der Waals surface area contributed by atoms with Gasteiger partial charge in [-0.2, -0.15) is 0 Å². The van der Waals surface area contributed by atoms with E-state index < -0.39 is 0 Å². The van der Waals surface area contributed by atoms with Gasteiger partial charge in [0.1, 0.15) is 5.75 Å². The van der Waals surface area contributed by atoms with Crippen molar-refractivity contribution in [3.05, 3.63) is 89.5 Å². The molecule has 1 fully saturated rings. The zero-order chi connectivity index (χ0) is 28.7. The van der Waals surface area contributed by atoms with Crippen LogP contribution in [-0.4, -0.2) is 34.5 Å². The molecule has 4 aromatic rings. The fourth-order valence-corrected chi connectivity index (χ4v) is 5.98. The van der Waals surface area contributed by atoms with Crippen molar-refractivity contribution in [2.75, 3.05) is 24.1 Å². The SMILES string of the molecule is CCC(=O)Nc1ccc(N2C(=S)N[C@H](c3ccccn3)[C@@H]2c2cc(C)n(-c3ccc4c(c3)OCO4)c2C)cc1OC. The summed E-state index contributed by atoms with van der Waals surface area (Å²) in [6.45, 7) is 6.25. The molecule has 4 heterocycles. The van der Waals surface area contributed by atoms with Crippen LogP contribution in [-0.2, 0) is 4.79 Å². The van der Waals surface area contributed by atoms with Crippen LogP contribution < -0.4 is 29.7 Å². The first kappa shape index (κ1) is 26.6. The zero-order valence-electron chi connectivity index (χ0n) is 23.3. The molecule has 0 aliphatic carbocycles. The van der Waals surface area contributed by atoms with Crippen molar-refractivity contribution >= 4 is 34.6 Å². The molecule has 2 N–H and O–H groups in total. The van der Waals surface area contributed by atoms with Gasteiger partial charge in [-0.05, 0) is 74.1 Å². The minimum Gasteiger partial charge on any atom is -0.494 e. The molecule has 2 aliphatic heterocycles. The number of methoxy groups -OCH3 is 1. The number of aromatic nitrogens is 2. The van der Waals surface area contributed by atoms with E-state index in [-0.39, 0.29) is 24.8 Å². The number of amides is 1. The molecule has 2 aromatic heterocycles. The van der Waals surface area contributed by atoms with E-state index in [0.29, 0.717) is 23.0 Å². The van der Waals surface area contributed by atoms with E-state index in [4.69, 9.17) is 26.4 Å². The van der Waals surface area contributed by atoms with Crippen LogP contribution in [0.25, 0.3) is 5.69 Å². The van der Waals surface area contributed by atoms with Crippen LogP contribution in [0.2, 0.25) is 0 Å². The number of hydrogen-bond acceptors (Lipinski definition) is 6. The minimum atomic E-state index is -0.216. The first-order valence-electron chi connectivity index (χ1n) is 13.5. The van der Waals surface area contributed by atoms with Gasteiger partial charge < -0.3 is 34.3 Å². The van der Waals surface area contributed by atoms with Crippen LogP contribution >= 0.6 is 12.2 Å². The molecular formula is C31H31N5O4S. The van der Waals surface area contributed by atoms with Crippen molar-refractivity contribution in [2.24, 2.45) is 0 Å².